The van der Waals surface area contributed by atoms with Crippen LogP contribution in [0.2, 0.25) is 0 Å². The van der Waals surface area contributed by atoms with Crippen LogP contribution in [-0.2, 0) is 4.74 Å². The minimum atomic E-state index is -0.442. The molecule has 0 aliphatic carbocycles. The molecule has 0 bridgehead atoms. The molecule has 4 nitrogen and oxygen atoms in total. The maximum Gasteiger partial charge on any atom is 0.410 e. The van der Waals surface area contributed by atoms with Gasteiger partial charge in [0.05, 0.1) is 0 Å². The molecule has 0 aromatic heterocycles. The Hall–Kier alpha value is -1.81. The first-order chi connectivity index (χ1) is 10.4. The Balaban J connectivity index is 0.00000211. The second-order valence-corrected chi connectivity index (χ2v) is 5.74. The molecule has 0 atom stereocenters. The van der Waals surface area contributed by atoms with E-state index in [1.165, 1.54) is 11.1 Å². The van der Waals surface area contributed by atoms with Gasteiger partial charge in [-0.2, -0.15) is 0 Å². The lowest BCUT2D eigenvalue weighted by atomic mass is 9.99. The molecule has 1 heterocycles. The molecule has 1 amide bonds. The highest BCUT2D eigenvalue weighted by atomic mass is 16.6. The van der Waals surface area contributed by atoms with E-state index in [9.17, 15) is 4.79 Å². The Morgan fingerprint density at radius 2 is 2.05 bits per heavy atom. The van der Waals surface area contributed by atoms with Gasteiger partial charge < -0.3 is 14.7 Å². The molecule has 1 aliphatic heterocycles. The first-order valence-corrected chi connectivity index (χ1v) is 7.45. The van der Waals surface area contributed by atoms with Gasteiger partial charge in [0, 0.05) is 20.2 Å². The summed E-state index contributed by atoms with van der Waals surface area (Å²) in [5.74, 6) is 0. The van der Waals surface area contributed by atoms with E-state index in [0.29, 0.717) is 13.1 Å². The molecule has 0 unspecified atom stereocenters. The number of aliphatic hydroxyl groups excluding tert-OH is 1. The van der Waals surface area contributed by atoms with E-state index >= 15 is 0 Å². The van der Waals surface area contributed by atoms with E-state index in [1.807, 2.05) is 39.8 Å². The molecular weight excluding hydrogens is 278 g/mol. The first-order valence-electron chi connectivity index (χ1n) is 7.45. The summed E-state index contributed by atoms with van der Waals surface area (Å²) in [5, 5.41) is 7.00. The Kier molecular flexibility index (Phi) is 9.18. The maximum atomic E-state index is 12.0. The minimum Gasteiger partial charge on any atom is -0.444 e. The van der Waals surface area contributed by atoms with Gasteiger partial charge >= 0.3 is 6.09 Å². The number of hydrogen-bond donors (Lipinski definition) is 1. The van der Waals surface area contributed by atoms with Crippen LogP contribution in [0, 0.1) is 0 Å². The molecule has 22 heavy (non-hydrogen) atoms. The molecule has 1 aliphatic rings. The zero-order valence-corrected chi connectivity index (χ0v) is 14.4. The fraction of sp³-hybridized carbons (Fsp3) is 0.500. The summed E-state index contributed by atoms with van der Waals surface area (Å²) in [7, 11) is 1.00. The average molecular weight is 307 g/mol. The third kappa shape index (κ3) is 7.27. The van der Waals surface area contributed by atoms with Gasteiger partial charge in [-0.05, 0) is 45.3 Å². The predicted molar refractivity (Wildman–Crippen MR) is 91.7 cm³/mol. The second kappa shape index (κ2) is 10.0. The van der Waals surface area contributed by atoms with Crippen molar-refractivity contribution in [1.82, 2.24) is 4.90 Å². The van der Waals surface area contributed by atoms with Crippen LogP contribution >= 0.6 is 0 Å². The normalized spacial score (nSPS) is 15.8. The molecule has 4 heteroatoms. The molecular formula is C18H29NO3. The van der Waals surface area contributed by atoms with Crippen LogP contribution in [0.25, 0.3) is 0 Å². The number of ether oxygens (including phenoxy) is 1. The molecule has 0 fully saturated rings. The highest BCUT2D eigenvalue weighted by molar-refractivity contribution is 5.68. The lowest BCUT2D eigenvalue weighted by Gasteiger charge is -2.29. The van der Waals surface area contributed by atoms with Gasteiger partial charge in [0.1, 0.15) is 5.60 Å². The van der Waals surface area contributed by atoms with Gasteiger partial charge in [0.15, 0.2) is 0 Å². The van der Waals surface area contributed by atoms with Crippen molar-refractivity contribution in [3.05, 3.63) is 48.1 Å². The maximum absolute atomic E-state index is 12.0. The Morgan fingerprint density at radius 3 is 2.45 bits per heavy atom. The summed E-state index contributed by atoms with van der Waals surface area (Å²) in [6, 6.07) is 0. The number of rotatable bonds is 3. The molecule has 0 radical (unpaired) electrons. The van der Waals surface area contributed by atoms with E-state index in [1.54, 1.807) is 11.0 Å². The van der Waals surface area contributed by atoms with Gasteiger partial charge in [0.25, 0.3) is 0 Å². The van der Waals surface area contributed by atoms with E-state index in [0.717, 1.165) is 13.5 Å². The van der Waals surface area contributed by atoms with Crippen LogP contribution in [0.15, 0.2) is 48.1 Å². The Labute approximate surface area is 134 Å². The van der Waals surface area contributed by atoms with E-state index in [-0.39, 0.29) is 6.09 Å². The minimum absolute atomic E-state index is 0.239. The van der Waals surface area contributed by atoms with Crippen LogP contribution < -0.4 is 0 Å². The van der Waals surface area contributed by atoms with Gasteiger partial charge in [-0.25, -0.2) is 4.79 Å². The average Bonchev–Trinajstić information content (AvgIpc) is 2.49. The molecule has 0 saturated heterocycles. The van der Waals surface area contributed by atoms with E-state index < -0.39 is 5.60 Å². The molecule has 1 rings (SSSR count). The number of amides is 1. The number of carbonyl (C=O) groups is 1. The number of hydrogen-bond acceptors (Lipinski definition) is 3. The number of allylic oxidation sites excluding steroid dienone is 5. The molecule has 0 saturated carbocycles. The van der Waals surface area contributed by atoms with Gasteiger partial charge in [0.2, 0.25) is 0 Å². The molecule has 124 valence electrons. The van der Waals surface area contributed by atoms with Crippen molar-refractivity contribution in [3.8, 4) is 0 Å². The molecule has 0 aromatic carbocycles. The fourth-order valence-electron chi connectivity index (χ4n) is 1.98. The largest absolute Gasteiger partial charge is 0.444 e. The van der Waals surface area contributed by atoms with Crippen molar-refractivity contribution in [2.24, 2.45) is 0 Å². The third-order valence-corrected chi connectivity index (χ3v) is 2.95. The quantitative estimate of drug-likeness (QED) is 0.806. The highest BCUT2D eigenvalue weighted by Crippen LogP contribution is 2.21. The van der Waals surface area contributed by atoms with Gasteiger partial charge in [-0.1, -0.05) is 37.0 Å². The standard InChI is InChI=1S/C17H25NO2.CH4O/c1-6-8-9-14(7-2)15-10-12-18(13-11-15)16(19)20-17(3,4)5;1-2/h6-10H,1,11-13H2,2-5H3;2H,1H3/b9-8-,14-7+;. The van der Waals surface area contributed by atoms with Crippen LogP contribution in [-0.4, -0.2) is 41.9 Å². The van der Waals surface area contributed by atoms with Crippen molar-refractivity contribution in [1.29, 1.82) is 0 Å². The highest BCUT2D eigenvalue weighted by Gasteiger charge is 2.23. The van der Waals surface area contributed by atoms with Crippen LogP contribution in [0.4, 0.5) is 4.79 Å². The van der Waals surface area contributed by atoms with Gasteiger partial charge in [-0.3, -0.25) is 0 Å². The van der Waals surface area contributed by atoms with Crippen molar-refractivity contribution < 1.29 is 14.6 Å². The molecule has 0 aromatic rings. The topological polar surface area (TPSA) is 49.8 Å². The summed E-state index contributed by atoms with van der Waals surface area (Å²) in [6.07, 6.45) is 10.5. The van der Waals surface area contributed by atoms with Crippen molar-refractivity contribution >= 4 is 6.09 Å². The SMILES string of the molecule is C=C/C=C\C(=C/C)C1=CCN(C(=O)OC(C)(C)C)CC1.CO. The van der Waals surface area contributed by atoms with Crippen LogP contribution in [0.3, 0.4) is 0 Å². The lowest BCUT2D eigenvalue weighted by molar-refractivity contribution is 0.0266. The van der Waals surface area contributed by atoms with Crippen molar-refractivity contribution in [2.45, 2.75) is 39.7 Å². The van der Waals surface area contributed by atoms with E-state index in [4.69, 9.17) is 9.84 Å². The van der Waals surface area contributed by atoms with Crippen LogP contribution in [0.5, 0.6) is 0 Å². The number of nitrogens with zero attached hydrogens (tertiary/aromatic N) is 1. The molecule has 0 spiro atoms. The van der Waals surface area contributed by atoms with Crippen LogP contribution in [0.1, 0.15) is 34.1 Å². The fourth-order valence-corrected chi connectivity index (χ4v) is 1.98. The summed E-state index contributed by atoms with van der Waals surface area (Å²) in [4.78, 5) is 13.7. The summed E-state index contributed by atoms with van der Waals surface area (Å²) < 4.78 is 5.38. The predicted octanol–water partition coefficient (Wildman–Crippen LogP) is 3.85. The smallest absolute Gasteiger partial charge is 0.410 e. The monoisotopic (exact) mass is 307 g/mol. The number of carbonyl (C=O) groups excluding carboxylic acids is 1. The molecule has 1 N–H and O–H groups in total. The zero-order chi connectivity index (χ0) is 17.2. The number of aliphatic hydroxyl groups is 1. The zero-order valence-electron chi connectivity index (χ0n) is 14.4. The summed E-state index contributed by atoms with van der Waals surface area (Å²) in [5.41, 5.74) is 2.02. The lowest BCUT2D eigenvalue weighted by Crippen LogP contribution is -2.39. The van der Waals surface area contributed by atoms with Crippen molar-refractivity contribution in [2.75, 3.05) is 20.2 Å². The summed E-state index contributed by atoms with van der Waals surface area (Å²) in [6.45, 7) is 12.6. The second-order valence-electron chi connectivity index (χ2n) is 5.74. The Bertz CT molecular complexity index is 453. The third-order valence-electron chi connectivity index (χ3n) is 2.95. The first kappa shape index (κ1) is 20.2. The Morgan fingerprint density at radius 1 is 1.41 bits per heavy atom. The summed E-state index contributed by atoms with van der Waals surface area (Å²) >= 11 is 0. The van der Waals surface area contributed by atoms with Gasteiger partial charge in [-0.15, -0.1) is 0 Å². The van der Waals surface area contributed by atoms with E-state index in [2.05, 4.69) is 18.7 Å². The van der Waals surface area contributed by atoms with Crippen molar-refractivity contribution in [3.63, 3.8) is 0 Å².